The molecule has 0 saturated carbocycles. The molecule has 4 heteroatoms. The Hall–Kier alpha value is -1.42. The van der Waals surface area contributed by atoms with Crippen LogP contribution in [-0.2, 0) is 16.1 Å². The van der Waals surface area contributed by atoms with Gasteiger partial charge in [-0.3, -0.25) is 14.6 Å². The molecule has 4 nitrogen and oxygen atoms in total. The highest BCUT2D eigenvalue weighted by Crippen LogP contribution is 2.05. The van der Waals surface area contributed by atoms with Gasteiger partial charge in [0, 0.05) is 18.8 Å². The quantitative estimate of drug-likeness (QED) is 0.791. The van der Waals surface area contributed by atoms with Crippen LogP contribution in [0.1, 0.15) is 32.8 Å². The summed E-state index contributed by atoms with van der Waals surface area (Å²) in [5.74, 6) is -0.105. The van der Waals surface area contributed by atoms with E-state index in [9.17, 15) is 4.79 Å². The molecule has 1 heterocycles. The number of pyridine rings is 1. The molecule has 0 radical (unpaired) electrons. The van der Waals surface area contributed by atoms with Gasteiger partial charge in [0.15, 0.2) is 0 Å². The molecule has 0 atom stereocenters. The van der Waals surface area contributed by atoms with Crippen LogP contribution >= 0.6 is 0 Å². The molecular weight excluding hydrogens is 204 g/mol. The van der Waals surface area contributed by atoms with Crippen LogP contribution in [0.4, 0.5) is 0 Å². The summed E-state index contributed by atoms with van der Waals surface area (Å²) in [6, 6.07) is 3.80. The number of hydroxylamine groups is 1. The Labute approximate surface area is 96.0 Å². The molecule has 0 bridgehead atoms. The van der Waals surface area contributed by atoms with E-state index in [0.29, 0.717) is 12.8 Å². The lowest BCUT2D eigenvalue weighted by Crippen LogP contribution is -2.33. The first-order chi connectivity index (χ1) is 7.47. The fraction of sp³-hybridized carbons (Fsp3) is 0.500. The van der Waals surface area contributed by atoms with Crippen molar-refractivity contribution in [3.05, 3.63) is 30.1 Å². The molecule has 1 amide bonds. The molecule has 0 aliphatic heterocycles. The smallest absolute Gasteiger partial charge is 0.243 e. The summed E-state index contributed by atoms with van der Waals surface area (Å²) < 4.78 is 0. The van der Waals surface area contributed by atoms with Crippen LogP contribution in [0.5, 0.6) is 0 Å². The van der Waals surface area contributed by atoms with E-state index in [1.807, 2.05) is 32.9 Å². The number of carbonyl (C=O) groups is 1. The van der Waals surface area contributed by atoms with Crippen LogP contribution < -0.4 is 5.48 Å². The molecule has 1 aromatic heterocycles. The minimum atomic E-state index is -0.355. The van der Waals surface area contributed by atoms with Crippen LogP contribution in [-0.4, -0.2) is 16.5 Å². The lowest BCUT2D eigenvalue weighted by Gasteiger charge is -2.18. The van der Waals surface area contributed by atoms with Crippen molar-refractivity contribution in [1.29, 1.82) is 0 Å². The van der Waals surface area contributed by atoms with Gasteiger partial charge in [-0.15, -0.1) is 0 Å². The van der Waals surface area contributed by atoms with E-state index < -0.39 is 0 Å². The first-order valence-electron chi connectivity index (χ1n) is 5.33. The van der Waals surface area contributed by atoms with Gasteiger partial charge in [-0.2, -0.15) is 0 Å². The summed E-state index contributed by atoms with van der Waals surface area (Å²) in [5.41, 5.74) is 3.18. The summed E-state index contributed by atoms with van der Waals surface area (Å²) in [4.78, 5) is 20.5. The Kier molecular flexibility index (Phi) is 4.43. The molecule has 0 unspecified atom stereocenters. The Morgan fingerprint density at radius 3 is 2.56 bits per heavy atom. The van der Waals surface area contributed by atoms with Crippen molar-refractivity contribution in [3.8, 4) is 0 Å². The van der Waals surface area contributed by atoms with Gasteiger partial charge in [0.25, 0.3) is 0 Å². The van der Waals surface area contributed by atoms with Crippen LogP contribution in [0.25, 0.3) is 0 Å². The SMILES string of the molecule is CC(C)(C)ONC(=O)CCc1ccncc1. The van der Waals surface area contributed by atoms with Gasteiger partial charge in [-0.25, -0.2) is 5.48 Å². The third kappa shape index (κ3) is 5.46. The molecule has 16 heavy (non-hydrogen) atoms. The lowest BCUT2D eigenvalue weighted by atomic mass is 10.1. The van der Waals surface area contributed by atoms with Crippen molar-refractivity contribution in [2.45, 2.75) is 39.2 Å². The van der Waals surface area contributed by atoms with Gasteiger partial charge < -0.3 is 0 Å². The topological polar surface area (TPSA) is 51.2 Å². The molecule has 0 fully saturated rings. The average molecular weight is 222 g/mol. The van der Waals surface area contributed by atoms with Gasteiger partial charge in [0.05, 0.1) is 5.60 Å². The number of nitrogens with one attached hydrogen (secondary N) is 1. The summed E-state index contributed by atoms with van der Waals surface area (Å²) in [5, 5.41) is 0. The number of amides is 1. The zero-order chi connectivity index (χ0) is 12.0. The molecule has 1 aromatic rings. The highest BCUT2D eigenvalue weighted by molar-refractivity contribution is 5.75. The summed E-state index contributed by atoms with van der Waals surface area (Å²) >= 11 is 0. The molecule has 0 aliphatic rings. The van der Waals surface area contributed by atoms with Crippen molar-refractivity contribution in [2.24, 2.45) is 0 Å². The second-order valence-electron chi connectivity index (χ2n) is 4.60. The Morgan fingerprint density at radius 1 is 1.38 bits per heavy atom. The monoisotopic (exact) mass is 222 g/mol. The number of carbonyl (C=O) groups excluding carboxylic acids is 1. The number of nitrogens with zero attached hydrogens (tertiary/aromatic N) is 1. The van der Waals surface area contributed by atoms with Crippen LogP contribution in [0.2, 0.25) is 0 Å². The van der Waals surface area contributed by atoms with Crippen LogP contribution in [0.15, 0.2) is 24.5 Å². The van der Waals surface area contributed by atoms with E-state index in [1.54, 1.807) is 12.4 Å². The van der Waals surface area contributed by atoms with E-state index in [1.165, 1.54) is 0 Å². The molecular formula is C12H18N2O2. The lowest BCUT2D eigenvalue weighted by molar-refractivity contribution is -0.145. The predicted octanol–water partition coefficient (Wildman–Crippen LogP) is 1.86. The first kappa shape index (κ1) is 12.6. The number of rotatable bonds is 4. The standard InChI is InChI=1S/C12H18N2O2/c1-12(2,3)16-14-11(15)5-4-10-6-8-13-9-7-10/h6-9H,4-5H2,1-3H3,(H,14,15). The number of aromatic nitrogens is 1. The first-order valence-corrected chi connectivity index (χ1v) is 5.33. The summed E-state index contributed by atoms with van der Waals surface area (Å²) in [7, 11) is 0. The van der Waals surface area contributed by atoms with Crippen LogP contribution in [0.3, 0.4) is 0 Å². The maximum atomic E-state index is 11.4. The molecule has 1 N–H and O–H groups in total. The fourth-order valence-electron chi connectivity index (χ4n) is 1.07. The fourth-order valence-corrected chi connectivity index (χ4v) is 1.07. The van der Waals surface area contributed by atoms with Crippen molar-refractivity contribution >= 4 is 5.91 Å². The van der Waals surface area contributed by atoms with E-state index in [0.717, 1.165) is 5.56 Å². The van der Waals surface area contributed by atoms with Crippen molar-refractivity contribution in [3.63, 3.8) is 0 Å². The Bertz CT molecular complexity index is 331. The van der Waals surface area contributed by atoms with E-state index >= 15 is 0 Å². The maximum Gasteiger partial charge on any atom is 0.243 e. The normalized spacial score (nSPS) is 11.2. The Balaban J connectivity index is 2.26. The van der Waals surface area contributed by atoms with Gasteiger partial charge >= 0.3 is 0 Å². The highest BCUT2D eigenvalue weighted by Gasteiger charge is 2.12. The van der Waals surface area contributed by atoms with Gasteiger partial charge in [0.2, 0.25) is 5.91 Å². The molecule has 0 aliphatic carbocycles. The minimum Gasteiger partial charge on any atom is -0.273 e. The maximum absolute atomic E-state index is 11.4. The highest BCUT2D eigenvalue weighted by atomic mass is 16.7. The predicted molar refractivity (Wildman–Crippen MR) is 61.5 cm³/mol. The third-order valence-electron chi connectivity index (χ3n) is 1.86. The van der Waals surface area contributed by atoms with Gasteiger partial charge in [-0.05, 0) is 44.9 Å². The summed E-state index contributed by atoms with van der Waals surface area (Å²) in [6.45, 7) is 5.66. The van der Waals surface area contributed by atoms with Crippen molar-refractivity contribution in [2.75, 3.05) is 0 Å². The largest absolute Gasteiger partial charge is 0.273 e. The van der Waals surface area contributed by atoms with E-state index in [-0.39, 0.29) is 11.5 Å². The zero-order valence-corrected chi connectivity index (χ0v) is 9.99. The third-order valence-corrected chi connectivity index (χ3v) is 1.86. The number of hydrogen-bond acceptors (Lipinski definition) is 3. The number of aryl methyl sites for hydroxylation is 1. The molecule has 0 saturated heterocycles. The molecule has 88 valence electrons. The van der Waals surface area contributed by atoms with E-state index in [4.69, 9.17) is 4.84 Å². The number of hydrogen-bond donors (Lipinski definition) is 1. The van der Waals surface area contributed by atoms with Crippen molar-refractivity contribution in [1.82, 2.24) is 10.5 Å². The van der Waals surface area contributed by atoms with E-state index in [2.05, 4.69) is 10.5 Å². The van der Waals surface area contributed by atoms with Crippen molar-refractivity contribution < 1.29 is 9.63 Å². The second-order valence-corrected chi connectivity index (χ2v) is 4.60. The zero-order valence-electron chi connectivity index (χ0n) is 9.99. The van der Waals surface area contributed by atoms with Gasteiger partial charge in [0.1, 0.15) is 0 Å². The Morgan fingerprint density at radius 2 is 2.00 bits per heavy atom. The molecule has 0 aromatic carbocycles. The minimum absolute atomic E-state index is 0.105. The van der Waals surface area contributed by atoms with Crippen LogP contribution in [0, 0.1) is 0 Å². The summed E-state index contributed by atoms with van der Waals surface area (Å²) in [6.07, 6.45) is 4.56. The molecule has 1 rings (SSSR count). The average Bonchev–Trinajstić information content (AvgIpc) is 2.24. The van der Waals surface area contributed by atoms with Gasteiger partial charge in [-0.1, -0.05) is 0 Å². The molecule has 0 spiro atoms. The second kappa shape index (κ2) is 5.61.